The number of benzene rings is 1. The van der Waals surface area contributed by atoms with Gasteiger partial charge in [0, 0.05) is 51.2 Å². The first-order valence-electron chi connectivity index (χ1n) is 11.0. The molecule has 32 heavy (non-hydrogen) atoms. The van der Waals surface area contributed by atoms with Gasteiger partial charge in [0.1, 0.15) is 17.3 Å². The quantitative estimate of drug-likeness (QED) is 0.639. The predicted molar refractivity (Wildman–Crippen MR) is 122 cm³/mol. The van der Waals surface area contributed by atoms with Crippen molar-refractivity contribution < 1.29 is 8.78 Å². The summed E-state index contributed by atoms with van der Waals surface area (Å²) in [5.74, 6) is 1.38. The number of aromatic nitrogens is 2. The second-order valence-corrected chi connectivity index (χ2v) is 9.70. The summed E-state index contributed by atoms with van der Waals surface area (Å²) in [6, 6.07) is 4.23. The summed E-state index contributed by atoms with van der Waals surface area (Å²) in [6.45, 7) is 3.85. The Balaban J connectivity index is 1.08. The van der Waals surface area contributed by atoms with Crippen LogP contribution in [0.2, 0.25) is 0 Å². The normalized spacial score (nSPS) is 25.2. The first-order chi connectivity index (χ1) is 15.6. The highest BCUT2D eigenvalue weighted by molar-refractivity contribution is 7.99. The van der Waals surface area contributed by atoms with Crippen molar-refractivity contribution in [3.8, 4) is 0 Å². The Morgan fingerprint density at radius 1 is 1.22 bits per heavy atom. The van der Waals surface area contributed by atoms with Crippen molar-refractivity contribution in [2.45, 2.75) is 24.4 Å². The van der Waals surface area contributed by atoms with E-state index in [-0.39, 0.29) is 5.50 Å². The van der Waals surface area contributed by atoms with Gasteiger partial charge in [-0.15, -0.1) is 11.8 Å². The van der Waals surface area contributed by atoms with E-state index in [1.165, 1.54) is 6.07 Å². The molecular weight excluding hydrogens is 432 g/mol. The average Bonchev–Trinajstić information content (AvgIpc) is 3.47. The van der Waals surface area contributed by atoms with Crippen LogP contribution in [0.1, 0.15) is 18.5 Å². The van der Waals surface area contributed by atoms with Crippen molar-refractivity contribution in [1.82, 2.24) is 25.2 Å². The number of halogens is 2. The summed E-state index contributed by atoms with van der Waals surface area (Å²) in [6.07, 6.45) is 7.17. The highest BCUT2D eigenvalue weighted by Crippen LogP contribution is 2.36. The van der Waals surface area contributed by atoms with Gasteiger partial charge in [0.05, 0.1) is 11.9 Å². The van der Waals surface area contributed by atoms with Crippen molar-refractivity contribution in [3.63, 3.8) is 0 Å². The number of hydrazone groups is 1. The topological polar surface area (TPSA) is 59.9 Å². The number of hydrogen-bond donors (Lipinski definition) is 1. The van der Waals surface area contributed by atoms with Crippen LogP contribution in [0.4, 0.5) is 14.5 Å². The molecule has 0 saturated carbocycles. The Hall–Kier alpha value is -2.46. The molecule has 3 atom stereocenters. The molecule has 3 aliphatic heterocycles. The zero-order chi connectivity index (χ0) is 22.1. The first kappa shape index (κ1) is 21.4. The molecule has 0 spiro atoms. The van der Waals surface area contributed by atoms with Gasteiger partial charge in [-0.2, -0.15) is 5.10 Å². The van der Waals surface area contributed by atoms with Crippen LogP contribution in [0.15, 0.2) is 41.9 Å². The SMILES string of the molecule is CN1C(c2cnccn2)=NNC1SCCCN1C[C@@H]2CCN(c3ccc(F)cc3F)[C@@H]2C1. The minimum atomic E-state index is -0.524. The van der Waals surface area contributed by atoms with Crippen LogP contribution in [0.25, 0.3) is 0 Å². The summed E-state index contributed by atoms with van der Waals surface area (Å²) >= 11 is 1.83. The number of rotatable bonds is 7. The molecule has 7 nitrogen and oxygen atoms in total. The summed E-state index contributed by atoms with van der Waals surface area (Å²) in [4.78, 5) is 15.1. The Morgan fingerprint density at radius 2 is 2.12 bits per heavy atom. The van der Waals surface area contributed by atoms with Gasteiger partial charge in [-0.05, 0) is 43.2 Å². The highest BCUT2D eigenvalue weighted by atomic mass is 32.2. The lowest BCUT2D eigenvalue weighted by atomic mass is 10.0. The van der Waals surface area contributed by atoms with Gasteiger partial charge in [-0.25, -0.2) is 13.8 Å². The average molecular weight is 460 g/mol. The van der Waals surface area contributed by atoms with Crippen molar-refractivity contribution in [2.24, 2.45) is 11.0 Å². The second-order valence-electron chi connectivity index (χ2n) is 8.51. The molecule has 170 valence electrons. The number of hydrogen-bond acceptors (Lipinski definition) is 8. The molecule has 1 aromatic heterocycles. The van der Waals surface area contributed by atoms with Crippen LogP contribution < -0.4 is 10.3 Å². The molecule has 0 amide bonds. The van der Waals surface area contributed by atoms with Crippen LogP contribution in [0, 0.1) is 17.6 Å². The molecule has 1 N–H and O–H groups in total. The molecule has 0 aliphatic carbocycles. The van der Waals surface area contributed by atoms with Gasteiger partial charge in [0.25, 0.3) is 0 Å². The van der Waals surface area contributed by atoms with Crippen molar-refractivity contribution in [3.05, 3.63) is 54.1 Å². The third-order valence-electron chi connectivity index (χ3n) is 6.50. The molecule has 0 bridgehead atoms. The Labute approximate surface area is 190 Å². The van der Waals surface area contributed by atoms with E-state index in [4.69, 9.17) is 0 Å². The molecule has 4 heterocycles. The van der Waals surface area contributed by atoms with Gasteiger partial charge < -0.3 is 14.7 Å². The first-order valence-corrected chi connectivity index (χ1v) is 12.0. The monoisotopic (exact) mass is 459 g/mol. The fraction of sp³-hybridized carbons (Fsp3) is 0.500. The third kappa shape index (κ3) is 4.25. The molecular formula is C22H27F2N7S. The van der Waals surface area contributed by atoms with E-state index in [9.17, 15) is 8.78 Å². The number of nitrogens with zero attached hydrogens (tertiary/aromatic N) is 6. The molecule has 2 fully saturated rings. The van der Waals surface area contributed by atoms with Crippen LogP contribution in [0.3, 0.4) is 0 Å². The van der Waals surface area contributed by atoms with E-state index >= 15 is 0 Å². The smallest absolute Gasteiger partial charge is 0.178 e. The summed E-state index contributed by atoms with van der Waals surface area (Å²) in [5, 5.41) is 4.41. The summed E-state index contributed by atoms with van der Waals surface area (Å²) < 4.78 is 27.6. The lowest BCUT2D eigenvalue weighted by Crippen LogP contribution is -2.36. The number of anilines is 1. The molecule has 1 aromatic carbocycles. The molecule has 2 saturated heterocycles. The van der Waals surface area contributed by atoms with E-state index in [1.54, 1.807) is 24.7 Å². The van der Waals surface area contributed by atoms with E-state index in [0.29, 0.717) is 17.6 Å². The molecule has 10 heteroatoms. The van der Waals surface area contributed by atoms with E-state index in [2.05, 4.69) is 35.2 Å². The number of nitrogens with one attached hydrogen (secondary N) is 1. The van der Waals surface area contributed by atoms with Gasteiger partial charge in [-0.1, -0.05) is 0 Å². The lowest BCUT2D eigenvalue weighted by molar-refractivity contribution is 0.318. The minimum Gasteiger partial charge on any atom is -0.365 e. The van der Waals surface area contributed by atoms with Crippen LogP contribution >= 0.6 is 11.8 Å². The minimum absolute atomic E-state index is 0.0851. The second kappa shape index (κ2) is 9.19. The van der Waals surface area contributed by atoms with Gasteiger partial charge in [0.2, 0.25) is 0 Å². The Bertz CT molecular complexity index is 976. The van der Waals surface area contributed by atoms with Crippen LogP contribution in [0.5, 0.6) is 0 Å². The number of fused-ring (bicyclic) bond motifs is 1. The lowest BCUT2D eigenvalue weighted by Gasteiger charge is -2.27. The maximum Gasteiger partial charge on any atom is 0.178 e. The zero-order valence-electron chi connectivity index (χ0n) is 18.0. The molecule has 5 rings (SSSR count). The highest BCUT2D eigenvalue weighted by Gasteiger charge is 2.41. The van der Waals surface area contributed by atoms with Gasteiger partial charge >= 0.3 is 0 Å². The maximum atomic E-state index is 14.3. The maximum absolute atomic E-state index is 14.3. The third-order valence-corrected chi connectivity index (χ3v) is 7.76. The largest absolute Gasteiger partial charge is 0.365 e. The zero-order valence-corrected chi connectivity index (χ0v) is 18.8. The number of thioether (sulfide) groups is 1. The Kier molecular flexibility index (Phi) is 6.14. The molecule has 1 unspecified atom stereocenters. The van der Waals surface area contributed by atoms with Crippen molar-refractivity contribution in [1.29, 1.82) is 0 Å². The fourth-order valence-electron chi connectivity index (χ4n) is 4.92. The molecule has 2 aromatic rings. The van der Waals surface area contributed by atoms with Gasteiger partial charge in [-0.3, -0.25) is 10.4 Å². The number of likely N-dealkylation sites (tertiary alicyclic amines) is 1. The van der Waals surface area contributed by atoms with E-state index in [0.717, 1.165) is 62.4 Å². The standard InChI is InChI=1S/C22H27F2N7S/c1-29-21(18-12-25-6-7-26-18)27-28-22(29)32-10-2-8-30-13-15-5-9-31(20(15)14-30)19-4-3-16(23)11-17(19)24/h3-4,6-7,11-12,15,20,22,28H,2,5,8-10,13-14H2,1H3/t15-,20+,22?/m0/s1. The molecule has 0 radical (unpaired) electrons. The van der Waals surface area contributed by atoms with Crippen molar-refractivity contribution in [2.75, 3.05) is 43.9 Å². The summed E-state index contributed by atoms with van der Waals surface area (Å²) in [5.41, 5.74) is 4.55. The van der Waals surface area contributed by atoms with E-state index < -0.39 is 11.6 Å². The predicted octanol–water partition coefficient (Wildman–Crippen LogP) is 2.57. The fourth-order valence-corrected chi connectivity index (χ4v) is 5.89. The van der Waals surface area contributed by atoms with Crippen LogP contribution in [-0.4, -0.2) is 76.1 Å². The number of amidine groups is 1. The summed E-state index contributed by atoms with van der Waals surface area (Å²) in [7, 11) is 2.01. The van der Waals surface area contributed by atoms with Crippen LogP contribution in [-0.2, 0) is 0 Å². The Morgan fingerprint density at radius 3 is 2.94 bits per heavy atom. The van der Waals surface area contributed by atoms with E-state index in [1.807, 2.05) is 18.8 Å². The molecule has 3 aliphatic rings. The van der Waals surface area contributed by atoms with Crippen molar-refractivity contribution >= 4 is 23.3 Å². The van der Waals surface area contributed by atoms with Gasteiger partial charge in [0.15, 0.2) is 11.3 Å².